The van der Waals surface area contributed by atoms with Crippen LogP contribution in [0.5, 0.6) is 5.75 Å². The van der Waals surface area contributed by atoms with Gasteiger partial charge in [-0.25, -0.2) is 4.98 Å². The van der Waals surface area contributed by atoms with Crippen molar-refractivity contribution in [3.8, 4) is 5.75 Å². The van der Waals surface area contributed by atoms with Crippen LogP contribution >= 0.6 is 0 Å². The molecule has 0 saturated heterocycles. The summed E-state index contributed by atoms with van der Waals surface area (Å²) in [5.74, 6) is 0.193. The molecule has 4 heteroatoms. The van der Waals surface area contributed by atoms with Crippen molar-refractivity contribution in [2.75, 3.05) is 0 Å². The smallest absolute Gasteiger partial charge is 0.179 e. The molecule has 0 amide bonds. The van der Waals surface area contributed by atoms with E-state index in [-0.39, 0.29) is 11.3 Å². The zero-order chi connectivity index (χ0) is 11.1. The summed E-state index contributed by atoms with van der Waals surface area (Å²) >= 11 is 0. The first-order valence-electron chi connectivity index (χ1n) is 4.90. The number of rotatable bonds is 2. The molecule has 0 spiro atoms. The first kappa shape index (κ1) is 9.98. The maximum atomic E-state index is 9.57. The molecule has 0 radical (unpaired) electrons. The SMILES string of the molecule is CC(C)(N)Cc1cnc2c(O)cccn12. The molecule has 0 aliphatic carbocycles. The van der Waals surface area contributed by atoms with E-state index < -0.39 is 0 Å². The molecule has 0 bridgehead atoms. The maximum Gasteiger partial charge on any atom is 0.179 e. The summed E-state index contributed by atoms with van der Waals surface area (Å²) < 4.78 is 1.87. The van der Waals surface area contributed by atoms with Crippen LogP contribution < -0.4 is 5.73 Å². The minimum Gasteiger partial charge on any atom is -0.504 e. The Morgan fingerprint density at radius 1 is 1.53 bits per heavy atom. The van der Waals surface area contributed by atoms with Crippen molar-refractivity contribution in [2.24, 2.45) is 5.73 Å². The van der Waals surface area contributed by atoms with E-state index in [2.05, 4.69) is 4.98 Å². The number of aromatic hydroxyl groups is 1. The van der Waals surface area contributed by atoms with Crippen molar-refractivity contribution in [2.45, 2.75) is 25.8 Å². The Bertz CT molecular complexity index is 482. The van der Waals surface area contributed by atoms with E-state index in [1.54, 1.807) is 18.3 Å². The van der Waals surface area contributed by atoms with Crippen LogP contribution in [0.2, 0.25) is 0 Å². The minimum atomic E-state index is -0.276. The van der Waals surface area contributed by atoms with Gasteiger partial charge in [0.05, 0.1) is 0 Å². The summed E-state index contributed by atoms with van der Waals surface area (Å²) in [7, 11) is 0. The molecule has 2 aromatic heterocycles. The van der Waals surface area contributed by atoms with E-state index in [0.29, 0.717) is 5.65 Å². The zero-order valence-corrected chi connectivity index (χ0v) is 8.94. The molecular formula is C11H15N3O. The molecular weight excluding hydrogens is 190 g/mol. The van der Waals surface area contributed by atoms with Crippen molar-refractivity contribution >= 4 is 5.65 Å². The van der Waals surface area contributed by atoms with Crippen LogP contribution in [0, 0.1) is 0 Å². The maximum absolute atomic E-state index is 9.57. The molecule has 4 nitrogen and oxygen atoms in total. The fraction of sp³-hybridized carbons (Fsp3) is 0.364. The van der Waals surface area contributed by atoms with Gasteiger partial charge in [0.15, 0.2) is 11.4 Å². The molecule has 0 aromatic carbocycles. The highest BCUT2D eigenvalue weighted by molar-refractivity contribution is 5.53. The summed E-state index contributed by atoms with van der Waals surface area (Å²) in [4.78, 5) is 4.16. The third-order valence-electron chi connectivity index (χ3n) is 2.23. The molecule has 0 atom stereocenters. The second kappa shape index (κ2) is 3.24. The van der Waals surface area contributed by atoms with Crippen LogP contribution in [0.1, 0.15) is 19.5 Å². The number of nitrogens with two attached hydrogens (primary N) is 1. The van der Waals surface area contributed by atoms with Gasteiger partial charge in [0, 0.05) is 30.0 Å². The Labute approximate surface area is 88.4 Å². The molecule has 0 saturated carbocycles. The molecule has 15 heavy (non-hydrogen) atoms. The Balaban J connectivity index is 2.50. The number of hydrogen-bond acceptors (Lipinski definition) is 3. The fourth-order valence-corrected chi connectivity index (χ4v) is 1.64. The van der Waals surface area contributed by atoms with Gasteiger partial charge in [0.25, 0.3) is 0 Å². The van der Waals surface area contributed by atoms with Gasteiger partial charge in [-0.05, 0) is 26.0 Å². The van der Waals surface area contributed by atoms with Crippen molar-refractivity contribution in [3.05, 3.63) is 30.2 Å². The monoisotopic (exact) mass is 205 g/mol. The molecule has 0 aliphatic rings. The average molecular weight is 205 g/mol. The van der Waals surface area contributed by atoms with Crippen LogP contribution in [0.15, 0.2) is 24.5 Å². The molecule has 0 unspecified atom stereocenters. The Morgan fingerprint density at radius 3 is 2.93 bits per heavy atom. The molecule has 2 aromatic rings. The summed E-state index contributed by atoms with van der Waals surface area (Å²) in [6.07, 6.45) is 4.35. The van der Waals surface area contributed by atoms with Crippen molar-refractivity contribution < 1.29 is 5.11 Å². The van der Waals surface area contributed by atoms with Crippen LogP contribution in [-0.2, 0) is 6.42 Å². The van der Waals surface area contributed by atoms with Gasteiger partial charge < -0.3 is 15.2 Å². The van der Waals surface area contributed by atoms with E-state index in [4.69, 9.17) is 5.73 Å². The number of nitrogens with zero attached hydrogens (tertiary/aromatic N) is 2. The van der Waals surface area contributed by atoms with Crippen molar-refractivity contribution in [1.82, 2.24) is 9.38 Å². The standard InChI is InChI=1S/C11H15N3O/c1-11(2,12)6-8-7-13-10-9(15)4-3-5-14(8)10/h3-5,7,15H,6,12H2,1-2H3. The lowest BCUT2D eigenvalue weighted by Gasteiger charge is -2.17. The predicted octanol–water partition coefficient (Wildman–Crippen LogP) is 1.32. The van der Waals surface area contributed by atoms with E-state index in [9.17, 15) is 5.11 Å². The molecule has 0 fully saturated rings. The predicted molar refractivity (Wildman–Crippen MR) is 58.8 cm³/mol. The highest BCUT2D eigenvalue weighted by atomic mass is 16.3. The first-order valence-corrected chi connectivity index (χ1v) is 4.90. The normalized spacial score (nSPS) is 12.2. The Morgan fingerprint density at radius 2 is 2.27 bits per heavy atom. The topological polar surface area (TPSA) is 63.5 Å². The molecule has 2 heterocycles. The fourth-order valence-electron chi connectivity index (χ4n) is 1.64. The number of fused-ring (bicyclic) bond motifs is 1. The summed E-state index contributed by atoms with van der Waals surface area (Å²) in [6, 6.07) is 3.41. The van der Waals surface area contributed by atoms with E-state index >= 15 is 0 Å². The van der Waals surface area contributed by atoms with Gasteiger partial charge in [0.1, 0.15) is 0 Å². The lowest BCUT2D eigenvalue weighted by molar-refractivity contribution is 0.476. The number of hydrogen-bond donors (Lipinski definition) is 2. The molecule has 3 N–H and O–H groups in total. The van der Waals surface area contributed by atoms with Gasteiger partial charge in [-0.3, -0.25) is 0 Å². The van der Waals surface area contributed by atoms with E-state index in [1.807, 2.05) is 24.4 Å². The average Bonchev–Trinajstić information content (AvgIpc) is 2.48. The minimum absolute atomic E-state index is 0.193. The largest absolute Gasteiger partial charge is 0.504 e. The van der Waals surface area contributed by atoms with Crippen LogP contribution in [0.3, 0.4) is 0 Å². The summed E-state index contributed by atoms with van der Waals surface area (Å²) in [6.45, 7) is 3.93. The Kier molecular flexibility index (Phi) is 2.16. The second-order valence-corrected chi connectivity index (χ2v) is 4.50. The lowest BCUT2D eigenvalue weighted by atomic mass is 10.0. The third-order valence-corrected chi connectivity index (χ3v) is 2.23. The third kappa shape index (κ3) is 1.94. The quantitative estimate of drug-likeness (QED) is 0.777. The van der Waals surface area contributed by atoms with Crippen LogP contribution in [0.25, 0.3) is 5.65 Å². The van der Waals surface area contributed by atoms with Gasteiger partial charge in [-0.15, -0.1) is 0 Å². The van der Waals surface area contributed by atoms with Gasteiger partial charge in [-0.1, -0.05) is 0 Å². The van der Waals surface area contributed by atoms with Crippen molar-refractivity contribution in [3.63, 3.8) is 0 Å². The second-order valence-electron chi connectivity index (χ2n) is 4.50. The van der Waals surface area contributed by atoms with Gasteiger partial charge in [-0.2, -0.15) is 0 Å². The highest BCUT2D eigenvalue weighted by Gasteiger charge is 2.15. The van der Waals surface area contributed by atoms with Gasteiger partial charge in [0.2, 0.25) is 0 Å². The van der Waals surface area contributed by atoms with Crippen LogP contribution in [0.4, 0.5) is 0 Å². The Hall–Kier alpha value is -1.55. The number of aromatic nitrogens is 2. The lowest BCUT2D eigenvalue weighted by Crippen LogP contribution is -2.34. The van der Waals surface area contributed by atoms with E-state index in [1.165, 1.54) is 0 Å². The first-order chi connectivity index (χ1) is 6.97. The zero-order valence-electron chi connectivity index (χ0n) is 8.94. The highest BCUT2D eigenvalue weighted by Crippen LogP contribution is 2.19. The molecule has 80 valence electrons. The molecule has 2 rings (SSSR count). The van der Waals surface area contributed by atoms with Crippen LogP contribution in [-0.4, -0.2) is 20.0 Å². The number of imidazole rings is 1. The van der Waals surface area contributed by atoms with E-state index in [0.717, 1.165) is 12.1 Å². The molecule has 0 aliphatic heterocycles. The van der Waals surface area contributed by atoms with Crippen molar-refractivity contribution in [1.29, 1.82) is 0 Å². The summed E-state index contributed by atoms with van der Waals surface area (Å²) in [5.41, 5.74) is 7.26. The summed E-state index contributed by atoms with van der Waals surface area (Å²) in [5, 5.41) is 9.57. The van der Waals surface area contributed by atoms with Gasteiger partial charge >= 0.3 is 0 Å². The number of pyridine rings is 1.